The zero-order valence-corrected chi connectivity index (χ0v) is 12.4. The number of sulfone groups is 1. The van der Waals surface area contributed by atoms with Crippen LogP contribution in [0.4, 0.5) is 4.39 Å². The summed E-state index contributed by atoms with van der Waals surface area (Å²) in [6, 6.07) is 3.85. The van der Waals surface area contributed by atoms with Gasteiger partial charge in [0.2, 0.25) is 15.0 Å². The summed E-state index contributed by atoms with van der Waals surface area (Å²) < 4.78 is 36.6. The maximum atomic E-state index is 14.0. The molecule has 112 valence electrons. The Morgan fingerprint density at radius 3 is 2.48 bits per heavy atom. The lowest BCUT2D eigenvalue weighted by Gasteiger charge is -2.11. The highest BCUT2D eigenvalue weighted by atomic mass is 32.2. The van der Waals surface area contributed by atoms with Gasteiger partial charge in [-0.15, -0.1) is 0 Å². The molecule has 2 rings (SSSR count). The van der Waals surface area contributed by atoms with Crippen molar-refractivity contribution < 1.29 is 17.6 Å². The number of rotatable bonds is 3. The second-order valence-corrected chi connectivity index (χ2v) is 6.56. The number of aromatic nitrogens is 3. The van der Waals surface area contributed by atoms with Crippen molar-refractivity contribution in [3.8, 4) is 11.4 Å². The van der Waals surface area contributed by atoms with Gasteiger partial charge in [0, 0.05) is 25.9 Å². The van der Waals surface area contributed by atoms with Crippen molar-refractivity contribution in [3.05, 3.63) is 29.6 Å². The van der Waals surface area contributed by atoms with Gasteiger partial charge in [-0.25, -0.2) is 17.9 Å². The van der Waals surface area contributed by atoms with Gasteiger partial charge in [0.1, 0.15) is 5.82 Å². The molecule has 0 atom stereocenters. The summed E-state index contributed by atoms with van der Waals surface area (Å²) in [5, 5.41) is 5.70. The Bertz CT molecular complexity index is 799. The van der Waals surface area contributed by atoms with Crippen LogP contribution in [0.15, 0.2) is 23.4 Å². The van der Waals surface area contributed by atoms with Gasteiger partial charge >= 0.3 is 0 Å². The summed E-state index contributed by atoms with van der Waals surface area (Å²) >= 11 is 0. The SMILES string of the molecule is CN(C)C(=O)c1ccc(-c2n[nH]c(S(C)(=O)=O)n2)cc1F. The number of aromatic amines is 1. The van der Waals surface area contributed by atoms with Crippen molar-refractivity contribution >= 4 is 15.7 Å². The summed E-state index contributed by atoms with van der Waals surface area (Å²) in [6.45, 7) is 0. The second kappa shape index (κ2) is 5.24. The topological polar surface area (TPSA) is 96.0 Å². The lowest BCUT2D eigenvalue weighted by molar-refractivity contribution is 0.0823. The van der Waals surface area contributed by atoms with E-state index in [0.29, 0.717) is 0 Å². The first-order valence-electron chi connectivity index (χ1n) is 5.84. The van der Waals surface area contributed by atoms with Crippen LogP contribution in [0.5, 0.6) is 0 Å². The monoisotopic (exact) mass is 312 g/mol. The number of hydrogen-bond donors (Lipinski definition) is 1. The minimum atomic E-state index is -3.52. The van der Waals surface area contributed by atoms with Crippen LogP contribution in [0.2, 0.25) is 0 Å². The van der Waals surface area contributed by atoms with Gasteiger partial charge in [0.15, 0.2) is 5.82 Å². The quantitative estimate of drug-likeness (QED) is 0.900. The van der Waals surface area contributed by atoms with Crippen LogP contribution >= 0.6 is 0 Å². The molecule has 1 N–H and O–H groups in total. The Morgan fingerprint density at radius 2 is 2.00 bits per heavy atom. The van der Waals surface area contributed by atoms with E-state index >= 15 is 0 Å². The van der Waals surface area contributed by atoms with Gasteiger partial charge in [0.25, 0.3) is 5.91 Å². The van der Waals surface area contributed by atoms with Gasteiger partial charge in [-0.2, -0.15) is 10.1 Å². The highest BCUT2D eigenvalue weighted by molar-refractivity contribution is 7.90. The van der Waals surface area contributed by atoms with Gasteiger partial charge in [-0.05, 0) is 12.1 Å². The van der Waals surface area contributed by atoms with Crippen molar-refractivity contribution in [2.24, 2.45) is 0 Å². The molecule has 0 saturated heterocycles. The van der Waals surface area contributed by atoms with Crippen LogP contribution in [-0.4, -0.2) is 54.8 Å². The summed E-state index contributed by atoms with van der Waals surface area (Å²) in [6.07, 6.45) is 0.983. The van der Waals surface area contributed by atoms with E-state index in [1.54, 1.807) is 0 Å². The Kier molecular flexibility index (Phi) is 3.77. The Morgan fingerprint density at radius 1 is 1.33 bits per heavy atom. The third-order valence-electron chi connectivity index (χ3n) is 2.68. The number of carbonyl (C=O) groups is 1. The molecule has 1 amide bonds. The molecular formula is C12H13FN4O3S. The fourth-order valence-corrected chi connectivity index (χ4v) is 2.07. The predicted octanol–water partition coefficient (Wildman–Crippen LogP) is 0.716. The van der Waals surface area contributed by atoms with Gasteiger partial charge in [-0.3, -0.25) is 4.79 Å². The highest BCUT2D eigenvalue weighted by Gasteiger charge is 2.18. The number of halogens is 1. The molecular weight excluding hydrogens is 299 g/mol. The van der Waals surface area contributed by atoms with Gasteiger partial charge in [0.05, 0.1) is 5.56 Å². The van der Waals surface area contributed by atoms with E-state index in [1.807, 2.05) is 0 Å². The molecule has 0 unspecified atom stereocenters. The van der Waals surface area contributed by atoms with Crippen LogP contribution in [-0.2, 0) is 9.84 Å². The zero-order chi connectivity index (χ0) is 15.8. The maximum absolute atomic E-state index is 14.0. The molecule has 1 heterocycles. The number of nitrogens with one attached hydrogen (secondary N) is 1. The Hall–Kier alpha value is -2.29. The summed E-state index contributed by atoms with van der Waals surface area (Å²) in [5.74, 6) is -1.15. The molecule has 0 saturated carbocycles. The molecule has 7 nitrogen and oxygen atoms in total. The number of hydrogen-bond acceptors (Lipinski definition) is 5. The molecule has 1 aromatic heterocycles. The van der Waals surface area contributed by atoms with Crippen molar-refractivity contribution in [1.29, 1.82) is 0 Å². The second-order valence-electron chi connectivity index (χ2n) is 4.63. The van der Waals surface area contributed by atoms with E-state index < -0.39 is 21.6 Å². The molecule has 2 aromatic rings. The average Bonchev–Trinajstić information content (AvgIpc) is 2.87. The van der Waals surface area contributed by atoms with Crippen molar-refractivity contribution in [2.75, 3.05) is 20.4 Å². The molecule has 21 heavy (non-hydrogen) atoms. The van der Waals surface area contributed by atoms with E-state index in [1.165, 1.54) is 31.1 Å². The molecule has 0 spiro atoms. The number of amides is 1. The minimum Gasteiger partial charge on any atom is -0.345 e. The smallest absolute Gasteiger partial charge is 0.256 e. The summed E-state index contributed by atoms with van der Waals surface area (Å²) in [7, 11) is -0.482. The molecule has 0 aliphatic carbocycles. The summed E-state index contributed by atoms with van der Waals surface area (Å²) in [4.78, 5) is 16.8. The van der Waals surface area contributed by atoms with Crippen LogP contribution in [0.25, 0.3) is 11.4 Å². The first kappa shape index (κ1) is 15.1. The van der Waals surface area contributed by atoms with E-state index in [0.717, 1.165) is 12.3 Å². The Balaban J connectivity index is 2.41. The summed E-state index contributed by atoms with van der Waals surface area (Å²) in [5.41, 5.74) is 0.191. The van der Waals surface area contributed by atoms with Crippen LogP contribution in [0.1, 0.15) is 10.4 Å². The van der Waals surface area contributed by atoms with Crippen molar-refractivity contribution in [3.63, 3.8) is 0 Å². The average molecular weight is 312 g/mol. The number of nitrogens with zero attached hydrogens (tertiary/aromatic N) is 3. The highest BCUT2D eigenvalue weighted by Crippen LogP contribution is 2.20. The third kappa shape index (κ3) is 3.07. The lowest BCUT2D eigenvalue weighted by Crippen LogP contribution is -2.22. The molecule has 0 bridgehead atoms. The normalized spacial score (nSPS) is 11.4. The van der Waals surface area contributed by atoms with Gasteiger partial charge in [-0.1, -0.05) is 6.07 Å². The van der Waals surface area contributed by atoms with Crippen LogP contribution < -0.4 is 0 Å². The molecule has 0 aliphatic heterocycles. The van der Waals surface area contributed by atoms with Crippen LogP contribution in [0, 0.1) is 5.82 Å². The van der Waals surface area contributed by atoms with E-state index in [4.69, 9.17) is 0 Å². The number of benzene rings is 1. The fraction of sp³-hybridized carbons (Fsp3) is 0.250. The molecule has 9 heteroatoms. The van der Waals surface area contributed by atoms with E-state index in [-0.39, 0.29) is 22.1 Å². The van der Waals surface area contributed by atoms with Crippen molar-refractivity contribution in [1.82, 2.24) is 20.1 Å². The first-order valence-corrected chi connectivity index (χ1v) is 7.73. The number of H-pyrrole nitrogens is 1. The molecule has 1 aromatic carbocycles. The number of carbonyl (C=O) groups excluding carboxylic acids is 1. The van der Waals surface area contributed by atoms with Gasteiger partial charge < -0.3 is 4.90 Å². The predicted molar refractivity (Wildman–Crippen MR) is 72.9 cm³/mol. The molecule has 0 aliphatic rings. The Labute approximate surface area is 120 Å². The maximum Gasteiger partial charge on any atom is 0.256 e. The van der Waals surface area contributed by atoms with Crippen molar-refractivity contribution in [2.45, 2.75) is 5.16 Å². The largest absolute Gasteiger partial charge is 0.345 e. The molecule has 0 radical (unpaired) electrons. The fourth-order valence-electron chi connectivity index (χ4n) is 1.61. The zero-order valence-electron chi connectivity index (χ0n) is 11.6. The molecule has 0 fully saturated rings. The minimum absolute atomic E-state index is 0.0400. The van der Waals surface area contributed by atoms with Crippen LogP contribution in [0.3, 0.4) is 0 Å². The van der Waals surface area contributed by atoms with E-state index in [2.05, 4.69) is 15.2 Å². The third-order valence-corrected chi connectivity index (χ3v) is 3.56. The van der Waals surface area contributed by atoms with E-state index in [9.17, 15) is 17.6 Å². The first-order chi connectivity index (χ1) is 9.70. The standard InChI is InChI=1S/C12H13FN4O3S/c1-17(2)11(18)8-5-4-7(6-9(8)13)10-14-12(16-15-10)21(3,19)20/h4-6H,1-3H3,(H,14,15,16). The lowest BCUT2D eigenvalue weighted by atomic mass is 10.1.